The highest BCUT2D eigenvalue weighted by molar-refractivity contribution is 14.1. The van der Waals surface area contributed by atoms with E-state index in [2.05, 4.69) is 49.0 Å². The Labute approximate surface area is 149 Å². The summed E-state index contributed by atoms with van der Waals surface area (Å²) in [5.74, 6) is 1.50. The van der Waals surface area contributed by atoms with E-state index >= 15 is 0 Å². The second-order valence-electron chi connectivity index (χ2n) is 4.02. The lowest BCUT2D eigenvalue weighted by atomic mass is 10.3. The van der Waals surface area contributed by atoms with Gasteiger partial charge in [0.05, 0.1) is 16.9 Å². The minimum Gasteiger partial charge on any atom is -0.497 e. The Morgan fingerprint density at radius 3 is 2.91 bits per heavy atom. The van der Waals surface area contributed by atoms with Gasteiger partial charge in [0, 0.05) is 0 Å². The fourth-order valence-corrected chi connectivity index (χ4v) is 2.43. The van der Waals surface area contributed by atoms with E-state index < -0.39 is 0 Å². The van der Waals surface area contributed by atoms with E-state index in [1.165, 1.54) is 6.21 Å². The highest BCUT2D eigenvalue weighted by atomic mass is 127. The predicted molar refractivity (Wildman–Crippen MR) is 93.4 cm³/mol. The molecular formula is C14H12BrIN2O4. The van der Waals surface area contributed by atoms with Crippen LogP contribution in [-0.2, 0) is 4.79 Å². The summed E-state index contributed by atoms with van der Waals surface area (Å²) < 4.78 is 17.2. The number of halogens is 2. The molecule has 1 aromatic carbocycles. The lowest BCUT2D eigenvalue weighted by Gasteiger charge is -2.08. The molecule has 0 bridgehead atoms. The van der Waals surface area contributed by atoms with Gasteiger partial charge in [0.15, 0.2) is 11.3 Å². The van der Waals surface area contributed by atoms with Crippen LogP contribution in [0.2, 0.25) is 0 Å². The first-order chi connectivity index (χ1) is 10.6. The third kappa shape index (κ3) is 5.02. The van der Waals surface area contributed by atoms with Crippen molar-refractivity contribution in [3.05, 3.63) is 44.3 Å². The topological polar surface area (TPSA) is 73.1 Å². The van der Waals surface area contributed by atoms with Gasteiger partial charge in [-0.3, -0.25) is 4.79 Å². The van der Waals surface area contributed by atoms with Gasteiger partial charge in [0.2, 0.25) is 0 Å². The van der Waals surface area contributed by atoms with Gasteiger partial charge in [-0.25, -0.2) is 5.43 Å². The van der Waals surface area contributed by atoms with E-state index in [0.29, 0.717) is 16.2 Å². The number of nitrogens with one attached hydrogen (secondary N) is 1. The molecule has 0 spiro atoms. The first-order valence-electron chi connectivity index (χ1n) is 6.12. The number of ether oxygens (including phenoxy) is 2. The van der Waals surface area contributed by atoms with Gasteiger partial charge in [-0.15, -0.1) is 0 Å². The van der Waals surface area contributed by atoms with Crippen molar-refractivity contribution in [1.82, 2.24) is 5.43 Å². The van der Waals surface area contributed by atoms with Crippen LogP contribution in [0.5, 0.6) is 11.5 Å². The van der Waals surface area contributed by atoms with Gasteiger partial charge in [-0.1, -0.05) is 0 Å². The molecule has 0 radical (unpaired) electrons. The summed E-state index contributed by atoms with van der Waals surface area (Å²) in [4.78, 5) is 11.6. The Morgan fingerprint density at radius 1 is 1.45 bits per heavy atom. The van der Waals surface area contributed by atoms with E-state index in [1.54, 1.807) is 31.4 Å². The van der Waals surface area contributed by atoms with Crippen molar-refractivity contribution in [1.29, 1.82) is 0 Å². The van der Waals surface area contributed by atoms with Gasteiger partial charge < -0.3 is 13.9 Å². The Morgan fingerprint density at radius 2 is 2.27 bits per heavy atom. The SMILES string of the molecule is COc1ccc(OCC(=O)N/N=C/c2ccc(Br)o2)c(I)c1. The predicted octanol–water partition coefficient (Wildman–Crippen LogP) is 3.18. The Balaban J connectivity index is 1.81. The largest absolute Gasteiger partial charge is 0.497 e. The summed E-state index contributed by atoms with van der Waals surface area (Å²) in [6, 6.07) is 8.79. The van der Waals surface area contributed by atoms with E-state index in [4.69, 9.17) is 13.9 Å². The van der Waals surface area contributed by atoms with Crippen molar-refractivity contribution >= 4 is 50.6 Å². The normalized spacial score (nSPS) is 10.7. The second kappa shape index (κ2) is 8.18. The maximum Gasteiger partial charge on any atom is 0.277 e. The summed E-state index contributed by atoms with van der Waals surface area (Å²) in [6.45, 7) is -0.137. The number of hydrogen-bond acceptors (Lipinski definition) is 5. The monoisotopic (exact) mass is 478 g/mol. The number of amides is 1. The molecule has 0 saturated heterocycles. The maximum absolute atomic E-state index is 11.6. The second-order valence-corrected chi connectivity index (χ2v) is 5.96. The summed E-state index contributed by atoms with van der Waals surface area (Å²) >= 11 is 5.29. The molecule has 0 fully saturated rings. The van der Waals surface area contributed by atoms with Gasteiger partial charge >= 0.3 is 0 Å². The molecule has 0 aliphatic carbocycles. The lowest BCUT2D eigenvalue weighted by molar-refractivity contribution is -0.123. The Hall–Kier alpha value is -1.55. The fraction of sp³-hybridized carbons (Fsp3) is 0.143. The van der Waals surface area contributed by atoms with Crippen molar-refractivity contribution in [2.75, 3.05) is 13.7 Å². The van der Waals surface area contributed by atoms with Crippen LogP contribution < -0.4 is 14.9 Å². The van der Waals surface area contributed by atoms with E-state index in [-0.39, 0.29) is 12.5 Å². The molecular weight excluding hydrogens is 467 g/mol. The summed E-state index contributed by atoms with van der Waals surface area (Å²) in [7, 11) is 1.59. The lowest BCUT2D eigenvalue weighted by Crippen LogP contribution is -2.24. The number of rotatable bonds is 6. The summed E-state index contributed by atoms with van der Waals surface area (Å²) in [5.41, 5.74) is 2.36. The third-order valence-electron chi connectivity index (χ3n) is 2.47. The van der Waals surface area contributed by atoms with Crippen LogP contribution in [0.15, 0.2) is 44.5 Å². The van der Waals surface area contributed by atoms with E-state index in [9.17, 15) is 4.79 Å². The third-order valence-corrected chi connectivity index (χ3v) is 3.74. The number of benzene rings is 1. The highest BCUT2D eigenvalue weighted by Crippen LogP contribution is 2.25. The van der Waals surface area contributed by atoms with Crippen LogP contribution in [0, 0.1) is 3.57 Å². The summed E-state index contributed by atoms with van der Waals surface area (Å²) in [6.07, 6.45) is 1.40. The number of carbonyl (C=O) groups excluding carboxylic acids is 1. The van der Waals surface area contributed by atoms with Crippen LogP contribution >= 0.6 is 38.5 Å². The molecule has 2 aromatic rings. The molecule has 1 aromatic heterocycles. The minimum absolute atomic E-state index is 0.137. The van der Waals surface area contributed by atoms with Crippen molar-refractivity contribution in [3.8, 4) is 11.5 Å². The highest BCUT2D eigenvalue weighted by Gasteiger charge is 2.06. The Kier molecular flexibility index (Phi) is 6.25. The van der Waals surface area contributed by atoms with Crippen LogP contribution in [0.3, 0.4) is 0 Å². The number of nitrogens with zero attached hydrogens (tertiary/aromatic N) is 1. The minimum atomic E-state index is -0.367. The fourth-order valence-electron chi connectivity index (χ4n) is 1.47. The van der Waals surface area contributed by atoms with Crippen molar-refractivity contribution < 1.29 is 18.7 Å². The molecule has 0 unspecified atom stereocenters. The average molecular weight is 479 g/mol. The number of hydrazone groups is 1. The van der Waals surface area contributed by atoms with Gasteiger partial charge in [-0.2, -0.15) is 5.10 Å². The maximum atomic E-state index is 11.6. The smallest absolute Gasteiger partial charge is 0.277 e. The molecule has 1 N–H and O–H groups in total. The molecule has 2 rings (SSSR count). The molecule has 22 heavy (non-hydrogen) atoms. The van der Waals surface area contributed by atoms with Crippen LogP contribution in [-0.4, -0.2) is 25.8 Å². The van der Waals surface area contributed by atoms with Crippen LogP contribution in [0.4, 0.5) is 0 Å². The molecule has 1 heterocycles. The molecule has 6 nitrogen and oxygen atoms in total. The zero-order valence-corrected chi connectivity index (χ0v) is 15.3. The number of methoxy groups -OCH3 is 1. The van der Waals surface area contributed by atoms with E-state index in [0.717, 1.165) is 9.32 Å². The van der Waals surface area contributed by atoms with Crippen molar-refractivity contribution in [2.45, 2.75) is 0 Å². The molecule has 0 aliphatic rings. The Bertz CT molecular complexity index is 687. The quantitative estimate of drug-likeness (QED) is 0.393. The van der Waals surface area contributed by atoms with E-state index in [1.807, 2.05) is 6.07 Å². The standard InChI is InChI=1S/C14H12BrIN2O4/c1-20-9-2-4-12(11(16)6-9)21-8-14(19)18-17-7-10-3-5-13(15)22-10/h2-7H,8H2,1H3,(H,18,19)/b17-7+. The molecule has 0 saturated carbocycles. The van der Waals surface area contributed by atoms with Crippen LogP contribution in [0.25, 0.3) is 0 Å². The number of furan rings is 1. The number of hydrogen-bond donors (Lipinski definition) is 1. The average Bonchev–Trinajstić information content (AvgIpc) is 2.91. The van der Waals surface area contributed by atoms with Gasteiger partial charge in [0.1, 0.15) is 17.3 Å². The van der Waals surface area contributed by atoms with Gasteiger partial charge in [-0.05, 0) is 68.9 Å². The molecule has 116 valence electrons. The summed E-state index contributed by atoms with van der Waals surface area (Å²) in [5, 5.41) is 3.78. The first-order valence-corrected chi connectivity index (χ1v) is 7.99. The molecule has 8 heteroatoms. The van der Waals surface area contributed by atoms with Crippen LogP contribution in [0.1, 0.15) is 5.76 Å². The molecule has 0 aliphatic heterocycles. The van der Waals surface area contributed by atoms with Crippen molar-refractivity contribution in [3.63, 3.8) is 0 Å². The molecule has 0 atom stereocenters. The molecule has 1 amide bonds. The zero-order valence-electron chi connectivity index (χ0n) is 11.5. The van der Waals surface area contributed by atoms with Crippen molar-refractivity contribution in [2.24, 2.45) is 5.10 Å². The first kappa shape index (κ1) is 16.8. The zero-order chi connectivity index (χ0) is 15.9. The number of carbonyl (C=O) groups is 1. The van der Waals surface area contributed by atoms with Gasteiger partial charge in [0.25, 0.3) is 5.91 Å².